The minimum Gasteiger partial charge on any atom is -0.508 e. The lowest BCUT2D eigenvalue weighted by Crippen LogP contribution is -2.35. The molecule has 0 radical (unpaired) electrons. The van der Waals surface area contributed by atoms with E-state index in [2.05, 4.69) is 11.9 Å². The van der Waals surface area contributed by atoms with Crippen LogP contribution in [0.4, 0.5) is 0 Å². The summed E-state index contributed by atoms with van der Waals surface area (Å²) in [7, 11) is 0. The summed E-state index contributed by atoms with van der Waals surface area (Å²) in [5.41, 5.74) is 4.71. The maximum atomic E-state index is 11.4. The fourth-order valence-corrected chi connectivity index (χ4v) is 4.51. The maximum Gasteiger partial charge on any atom is 0.157 e. The minimum atomic E-state index is -1.11. The number of phenolic OH excluding ortho intramolecular Hbond substituents is 4. The third-order valence-corrected chi connectivity index (χ3v) is 5.95. The standard InChI is InChI=1S/C23H25NO6/c1-4-14-10(2)21(24-11(14)3)20-19-17(28)8-13(25)9-18(19)30-23(22(20)29)12-5-6-15(26)16(27)7-12/h5-9,20,22-29H,4H2,1-3H3. The molecule has 0 amide bonds. The third kappa shape index (κ3) is 3.02. The molecule has 3 unspecified atom stereocenters. The number of ether oxygens (including phenoxy) is 1. The second-order valence-electron chi connectivity index (χ2n) is 7.75. The van der Waals surface area contributed by atoms with E-state index in [9.17, 15) is 25.5 Å². The van der Waals surface area contributed by atoms with Crippen molar-refractivity contribution in [2.24, 2.45) is 0 Å². The van der Waals surface area contributed by atoms with Gasteiger partial charge in [-0.25, -0.2) is 0 Å². The molecular weight excluding hydrogens is 386 g/mol. The van der Waals surface area contributed by atoms with Gasteiger partial charge < -0.3 is 35.3 Å². The molecular formula is C23H25NO6. The average Bonchev–Trinajstić information content (AvgIpc) is 2.97. The number of phenols is 4. The topological polar surface area (TPSA) is 126 Å². The minimum absolute atomic E-state index is 0.165. The van der Waals surface area contributed by atoms with Gasteiger partial charge in [-0.1, -0.05) is 13.0 Å². The Hall–Kier alpha value is -3.32. The van der Waals surface area contributed by atoms with Crippen LogP contribution in [0.25, 0.3) is 0 Å². The molecule has 0 spiro atoms. The van der Waals surface area contributed by atoms with Crippen molar-refractivity contribution in [3.05, 3.63) is 64.0 Å². The molecule has 2 aromatic carbocycles. The van der Waals surface area contributed by atoms with Crippen LogP contribution in [0.15, 0.2) is 30.3 Å². The smallest absolute Gasteiger partial charge is 0.157 e. The Morgan fingerprint density at radius 1 is 0.967 bits per heavy atom. The molecule has 4 rings (SSSR count). The van der Waals surface area contributed by atoms with Gasteiger partial charge in [0.15, 0.2) is 17.6 Å². The second kappa shape index (κ2) is 7.18. The van der Waals surface area contributed by atoms with Crippen LogP contribution in [0.5, 0.6) is 28.7 Å². The SMILES string of the molecule is CCc1c(C)[nH]c(C2c3c(O)cc(O)cc3OC(c3ccc(O)c(O)c3)C2O)c1C. The van der Waals surface area contributed by atoms with Crippen molar-refractivity contribution in [3.8, 4) is 28.7 Å². The van der Waals surface area contributed by atoms with Crippen molar-refractivity contribution in [1.29, 1.82) is 0 Å². The number of hydrogen-bond donors (Lipinski definition) is 6. The molecule has 2 heterocycles. The first-order valence-corrected chi connectivity index (χ1v) is 9.83. The zero-order chi connectivity index (χ0) is 21.7. The number of aliphatic hydroxyl groups is 1. The van der Waals surface area contributed by atoms with Crippen LogP contribution in [-0.2, 0) is 6.42 Å². The van der Waals surface area contributed by atoms with E-state index < -0.39 is 18.1 Å². The average molecular weight is 411 g/mol. The molecule has 7 heteroatoms. The first kappa shape index (κ1) is 20.0. The number of nitrogens with one attached hydrogen (secondary N) is 1. The summed E-state index contributed by atoms with van der Waals surface area (Å²) in [6, 6.07) is 6.83. The Bertz CT molecular complexity index is 1120. The highest BCUT2D eigenvalue weighted by molar-refractivity contribution is 5.58. The van der Waals surface area contributed by atoms with E-state index in [1.165, 1.54) is 24.3 Å². The fraction of sp³-hybridized carbons (Fsp3) is 0.304. The molecule has 0 aliphatic carbocycles. The summed E-state index contributed by atoms with van der Waals surface area (Å²) >= 11 is 0. The predicted molar refractivity (Wildman–Crippen MR) is 110 cm³/mol. The summed E-state index contributed by atoms with van der Waals surface area (Å²) in [5.74, 6) is -1.36. The van der Waals surface area contributed by atoms with Crippen LogP contribution < -0.4 is 4.74 Å². The molecule has 0 saturated carbocycles. The van der Waals surface area contributed by atoms with Gasteiger partial charge in [-0.05, 0) is 49.1 Å². The van der Waals surface area contributed by atoms with Crippen molar-refractivity contribution in [2.45, 2.75) is 45.3 Å². The molecule has 3 aromatic rings. The highest BCUT2D eigenvalue weighted by atomic mass is 16.5. The van der Waals surface area contributed by atoms with E-state index in [4.69, 9.17) is 4.74 Å². The lowest BCUT2D eigenvalue weighted by atomic mass is 9.80. The van der Waals surface area contributed by atoms with Gasteiger partial charge >= 0.3 is 0 Å². The van der Waals surface area contributed by atoms with Crippen molar-refractivity contribution >= 4 is 0 Å². The largest absolute Gasteiger partial charge is 0.508 e. The fourth-order valence-electron chi connectivity index (χ4n) is 4.51. The summed E-state index contributed by atoms with van der Waals surface area (Å²) in [4.78, 5) is 3.36. The molecule has 1 aromatic heterocycles. The molecule has 6 N–H and O–H groups in total. The molecule has 30 heavy (non-hydrogen) atoms. The van der Waals surface area contributed by atoms with Gasteiger partial charge in [0, 0.05) is 29.1 Å². The van der Waals surface area contributed by atoms with E-state index in [1.54, 1.807) is 6.07 Å². The number of fused-ring (bicyclic) bond motifs is 1. The third-order valence-electron chi connectivity index (χ3n) is 5.95. The number of aromatic hydroxyl groups is 4. The van der Waals surface area contributed by atoms with Crippen molar-refractivity contribution in [3.63, 3.8) is 0 Å². The molecule has 158 valence electrons. The number of aliphatic hydroxyl groups excluding tert-OH is 1. The number of rotatable bonds is 3. The number of H-pyrrole nitrogens is 1. The van der Waals surface area contributed by atoms with Gasteiger partial charge in [-0.2, -0.15) is 0 Å². The zero-order valence-electron chi connectivity index (χ0n) is 17.0. The summed E-state index contributed by atoms with van der Waals surface area (Å²) in [6.07, 6.45) is -1.20. The highest BCUT2D eigenvalue weighted by Gasteiger charge is 2.43. The summed E-state index contributed by atoms with van der Waals surface area (Å²) < 4.78 is 5.97. The number of benzene rings is 2. The number of aromatic amines is 1. The summed E-state index contributed by atoms with van der Waals surface area (Å²) in [6.45, 7) is 5.99. The van der Waals surface area contributed by atoms with Crippen LogP contribution in [-0.4, -0.2) is 36.6 Å². The van der Waals surface area contributed by atoms with Crippen LogP contribution in [0.2, 0.25) is 0 Å². The number of aromatic nitrogens is 1. The van der Waals surface area contributed by atoms with Gasteiger partial charge in [0.25, 0.3) is 0 Å². The Balaban J connectivity index is 1.93. The van der Waals surface area contributed by atoms with Crippen LogP contribution in [0.1, 0.15) is 52.6 Å². The van der Waals surface area contributed by atoms with Gasteiger partial charge in [-0.15, -0.1) is 0 Å². The highest BCUT2D eigenvalue weighted by Crippen LogP contribution is 2.51. The summed E-state index contributed by atoms with van der Waals surface area (Å²) in [5, 5.41) is 51.5. The lowest BCUT2D eigenvalue weighted by molar-refractivity contribution is 0.00645. The van der Waals surface area contributed by atoms with E-state index in [-0.39, 0.29) is 28.7 Å². The lowest BCUT2D eigenvalue weighted by Gasteiger charge is -2.37. The van der Waals surface area contributed by atoms with Crippen LogP contribution in [0.3, 0.4) is 0 Å². The Labute approximate surface area is 173 Å². The molecule has 0 fully saturated rings. The second-order valence-corrected chi connectivity index (χ2v) is 7.75. The van der Waals surface area contributed by atoms with Crippen molar-refractivity contribution in [1.82, 2.24) is 4.98 Å². The Morgan fingerprint density at radius 2 is 1.70 bits per heavy atom. The van der Waals surface area contributed by atoms with Gasteiger partial charge in [0.2, 0.25) is 0 Å². The quantitative estimate of drug-likeness (QED) is 0.366. The van der Waals surface area contributed by atoms with Gasteiger partial charge in [0.1, 0.15) is 23.4 Å². The van der Waals surface area contributed by atoms with E-state index >= 15 is 0 Å². The molecule has 1 aliphatic heterocycles. The van der Waals surface area contributed by atoms with Crippen molar-refractivity contribution in [2.75, 3.05) is 0 Å². The van der Waals surface area contributed by atoms with Gasteiger partial charge in [-0.3, -0.25) is 0 Å². The maximum absolute atomic E-state index is 11.4. The zero-order valence-corrected chi connectivity index (χ0v) is 17.0. The van der Waals surface area contributed by atoms with Gasteiger partial charge in [0.05, 0.1) is 5.92 Å². The van der Waals surface area contributed by atoms with Crippen molar-refractivity contribution < 1.29 is 30.3 Å². The number of hydrogen-bond acceptors (Lipinski definition) is 6. The van der Waals surface area contributed by atoms with Crippen LogP contribution in [0, 0.1) is 13.8 Å². The van der Waals surface area contributed by atoms with E-state index in [0.29, 0.717) is 11.1 Å². The molecule has 1 aliphatic rings. The Kier molecular flexibility index (Phi) is 4.78. The van der Waals surface area contributed by atoms with E-state index in [1.807, 2.05) is 13.8 Å². The normalized spacial score (nSPS) is 20.6. The monoisotopic (exact) mass is 411 g/mol. The Morgan fingerprint density at radius 3 is 2.33 bits per heavy atom. The first-order chi connectivity index (χ1) is 14.2. The molecule has 7 nitrogen and oxygen atoms in total. The molecule has 0 saturated heterocycles. The molecule has 3 atom stereocenters. The molecule has 0 bridgehead atoms. The first-order valence-electron chi connectivity index (χ1n) is 9.83. The van der Waals surface area contributed by atoms with Crippen LogP contribution >= 0.6 is 0 Å². The number of aryl methyl sites for hydroxylation is 1. The predicted octanol–water partition coefficient (Wildman–Crippen LogP) is 3.64. The van der Waals surface area contributed by atoms with E-state index in [0.717, 1.165) is 28.9 Å².